The number of anilines is 1. The van der Waals surface area contributed by atoms with Gasteiger partial charge in [-0.1, -0.05) is 49.4 Å². The van der Waals surface area contributed by atoms with Gasteiger partial charge in [-0.3, -0.25) is 0 Å². The molecular weight excluding hydrogens is 279 g/mol. The third-order valence-electron chi connectivity index (χ3n) is 3.76. The quantitative estimate of drug-likeness (QED) is 0.760. The van der Waals surface area contributed by atoms with Crippen LogP contribution in [0.2, 0.25) is 0 Å². The van der Waals surface area contributed by atoms with E-state index in [-0.39, 0.29) is 11.7 Å². The highest BCUT2D eigenvalue weighted by molar-refractivity contribution is 5.64. The van der Waals surface area contributed by atoms with Gasteiger partial charge in [0.1, 0.15) is 12.1 Å². The lowest BCUT2D eigenvalue weighted by Gasteiger charge is -2.11. The first-order chi connectivity index (χ1) is 10.7. The molecule has 0 aliphatic heterocycles. The maximum absolute atomic E-state index is 14.4. The van der Waals surface area contributed by atoms with Gasteiger partial charge < -0.3 is 9.73 Å². The third-order valence-corrected chi connectivity index (χ3v) is 3.76. The predicted octanol–water partition coefficient (Wildman–Crippen LogP) is 4.67. The van der Waals surface area contributed by atoms with Gasteiger partial charge in [0.25, 0.3) is 6.01 Å². The molecule has 1 atom stereocenters. The van der Waals surface area contributed by atoms with Crippen LogP contribution in [0.15, 0.2) is 59.2 Å². The minimum atomic E-state index is -0.229. The largest absolute Gasteiger partial charge is 0.432 e. The highest BCUT2D eigenvalue weighted by Gasteiger charge is 2.15. The van der Waals surface area contributed by atoms with Gasteiger partial charge in [-0.2, -0.15) is 4.98 Å². The van der Waals surface area contributed by atoms with Crippen LogP contribution in [0.5, 0.6) is 0 Å². The molecule has 0 aliphatic carbocycles. The predicted molar refractivity (Wildman–Crippen MR) is 85.4 cm³/mol. The minimum Gasteiger partial charge on any atom is -0.432 e. The van der Waals surface area contributed by atoms with Crippen molar-refractivity contribution >= 4 is 6.01 Å². The van der Waals surface area contributed by atoms with E-state index < -0.39 is 0 Å². The fraction of sp³-hybridized carbons (Fsp3) is 0.167. The van der Waals surface area contributed by atoms with Crippen LogP contribution >= 0.6 is 0 Å². The Morgan fingerprint density at radius 2 is 1.91 bits per heavy atom. The number of hydrogen-bond donors (Lipinski definition) is 1. The van der Waals surface area contributed by atoms with Crippen molar-refractivity contribution in [3.63, 3.8) is 0 Å². The van der Waals surface area contributed by atoms with Crippen molar-refractivity contribution in [1.82, 2.24) is 4.98 Å². The smallest absolute Gasteiger partial charge is 0.294 e. The summed E-state index contributed by atoms with van der Waals surface area (Å²) in [6, 6.07) is 15.3. The van der Waals surface area contributed by atoms with E-state index in [2.05, 4.69) is 10.3 Å². The summed E-state index contributed by atoms with van der Waals surface area (Å²) in [5, 5.41) is 2.84. The van der Waals surface area contributed by atoms with Crippen LogP contribution in [0.25, 0.3) is 11.1 Å². The summed E-state index contributed by atoms with van der Waals surface area (Å²) in [4.78, 5) is 4.32. The number of rotatable bonds is 4. The van der Waals surface area contributed by atoms with Crippen LogP contribution in [0.1, 0.15) is 24.1 Å². The van der Waals surface area contributed by atoms with E-state index in [0.717, 1.165) is 16.8 Å². The van der Waals surface area contributed by atoms with Crippen molar-refractivity contribution in [3.05, 3.63) is 71.9 Å². The molecule has 0 fully saturated rings. The number of benzene rings is 2. The number of hydrogen-bond acceptors (Lipinski definition) is 3. The van der Waals surface area contributed by atoms with E-state index in [0.29, 0.717) is 11.6 Å². The summed E-state index contributed by atoms with van der Waals surface area (Å²) >= 11 is 0. The number of nitrogens with one attached hydrogen (secondary N) is 1. The van der Waals surface area contributed by atoms with Crippen molar-refractivity contribution < 1.29 is 8.81 Å². The Bertz CT molecular complexity index is 768. The van der Waals surface area contributed by atoms with Crippen LogP contribution in [0, 0.1) is 5.82 Å². The second-order valence-corrected chi connectivity index (χ2v) is 5.15. The number of nitrogens with zero attached hydrogens (tertiary/aromatic N) is 1. The second kappa shape index (κ2) is 6.02. The Hall–Kier alpha value is -2.62. The van der Waals surface area contributed by atoms with Gasteiger partial charge in [0, 0.05) is 18.5 Å². The lowest BCUT2D eigenvalue weighted by atomic mass is 9.95. The van der Waals surface area contributed by atoms with E-state index in [1.165, 1.54) is 0 Å². The summed E-state index contributed by atoms with van der Waals surface area (Å²) in [6.45, 7) is 1.98. The average Bonchev–Trinajstić information content (AvgIpc) is 3.04. The first-order valence-electron chi connectivity index (χ1n) is 7.17. The van der Waals surface area contributed by atoms with E-state index in [1.807, 2.05) is 49.4 Å². The number of aromatic nitrogens is 1. The molecule has 1 heterocycles. The van der Waals surface area contributed by atoms with Gasteiger partial charge in [0.2, 0.25) is 0 Å². The molecule has 0 saturated heterocycles. The van der Waals surface area contributed by atoms with Crippen molar-refractivity contribution in [3.8, 4) is 11.1 Å². The van der Waals surface area contributed by atoms with E-state index in [9.17, 15) is 4.39 Å². The zero-order valence-corrected chi connectivity index (χ0v) is 12.5. The molecule has 4 heteroatoms. The average molecular weight is 296 g/mol. The van der Waals surface area contributed by atoms with Gasteiger partial charge in [-0.05, 0) is 17.2 Å². The summed E-state index contributed by atoms with van der Waals surface area (Å²) in [5.74, 6) is -0.266. The molecule has 1 aromatic heterocycles. The first-order valence-corrected chi connectivity index (χ1v) is 7.17. The Balaban J connectivity index is 1.91. The van der Waals surface area contributed by atoms with Crippen LogP contribution in [-0.4, -0.2) is 12.0 Å². The highest BCUT2D eigenvalue weighted by atomic mass is 19.1. The summed E-state index contributed by atoms with van der Waals surface area (Å²) in [5.41, 5.74) is 3.12. The minimum absolute atomic E-state index is 0.0369. The summed E-state index contributed by atoms with van der Waals surface area (Å²) < 4.78 is 19.7. The summed E-state index contributed by atoms with van der Waals surface area (Å²) in [6.07, 6.45) is 1.60. The standard InChI is InChI=1S/C18H17FN2O/c1-12(17-11-22-18(20-2)21-17)14-8-9-15(16(19)10-14)13-6-4-3-5-7-13/h3-12H,1-2H3,(H,20,21). The van der Waals surface area contributed by atoms with E-state index in [1.54, 1.807) is 19.4 Å². The SMILES string of the molecule is CNc1nc(C(C)c2ccc(-c3ccccc3)c(F)c2)co1. The number of oxazole rings is 1. The van der Waals surface area contributed by atoms with Gasteiger partial charge in [0.15, 0.2) is 0 Å². The molecule has 3 aromatic rings. The molecule has 112 valence electrons. The molecule has 0 spiro atoms. The third kappa shape index (κ3) is 2.72. The van der Waals surface area contributed by atoms with Gasteiger partial charge in [-0.25, -0.2) is 4.39 Å². The summed E-state index contributed by atoms with van der Waals surface area (Å²) in [7, 11) is 1.74. The van der Waals surface area contributed by atoms with Crippen molar-refractivity contribution in [2.75, 3.05) is 12.4 Å². The van der Waals surface area contributed by atoms with E-state index in [4.69, 9.17) is 4.42 Å². The lowest BCUT2D eigenvalue weighted by Crippen LogP contribution is -1.99. The van der Waals surface area contributed by atoms with E-state index >= 15 is 0 Å². The Kier molecular flexibility index (Phi) is 3.92. The monoisotopic (exact) mass is 296 g/mol. The molecule has 0 aliphatic rings. The van der Waals surface area contributed by atoms with Crippen LogP contribution in [0.4, 0.5) is 10.4 Å². The van der Waals surface area contributed by atoms with Crippen LogP contribution in [0.3, 0.4) is 0 Å². The molecule has 1 unspecified atom stereocenters. The molecule has 1 N–H and O–H groups in total. The van der Waals surface area contributed by atoms with Crippen LogP contribution in [-0.2, 0) is 0 Å². The van der Waals surface area contributed by atoms with Gasteiger partial charge in [-0.15, -0.1) is 0 Å². The lowest BCUT2D eigenvalue weighted by molar-refractivity contribution is 0.572. The molecule has 3 rings (SSSR count). The number of halogens is 1. The van der Waals surface area contributed by atoms with Gasteiger partial charge in [0.05, 0.1) is 5.69 Å². The fourth-order valence-corrected chi connectivity index (χ4v) is 2.42. The van der Waals surface area contributed by atoms with Gasteiger partial charge >= 0.3 is 0 Å². The Morgan fingerprint density at radius 1 is 1.14 bits per heavy atom. The zero-order chi connectivity index (χ0) is 15.5. The molecule has 0 radical (unpaired) electrons. The second-order valence-electron chi connectivity index (χ2n) is 5.15. The Labute approximate surface area is 128 Å². The highest BCUT2D eigenvalue weighted by Crippen LogP contribution is 2.29. The molecule has 22 heavy (non-hydrogen) atoms. The first kappa shape index (κ1) is 14.3. The molecule has 0 bridgehead atoms. The molecule has 0 saturated carbocycles. The van der Waals surface area contributed by atoms with Crippen molar-refractivity contribution in [1.29, 1.82) is 0 Å². The zero-order valence-electron chi connectivity index (χ0n) is 12.5. The fourth-order valence-electron chi connectivity index (χ4n) is 2.42. The molecule has 2 aromatic carbocycles. The normalized spacial score (nSPS) is 12.1. The molecule has 0 amide bonds. The van der Waals surface area contributed by atoms with Crippen molar-refractivity contribution in [2.24, 2.45) is 0 Å². The molecule has 3 nitrogen and oxygen atoms in total. The maximum atomic E-state index is 14.4. The molecular formula is C18H17FN2O. The topological polar surface area (TPSA) is 38.1 Å². The Morgan fingerprint density at radius 3 is 2.55 bits per heavy atom. The maximum Gasteiger partial charge on any atom is 0.294 e. The van der Waals surface area contributed by atoms with Crippen molar-refractivity contribution in [2.45, 2.75) is 12.8 Å². The van der Waals surface area contributed by atoms with Crippen LogP contribution < -0.4 is 5.32 Å².